The van der Waals surface area contributed by atoms with Gasteiger partial charge in [0.05, 0.1) is 12.7 Å². The van der Waals surface area contributed by atoms with Crippen molar-refractivity contribution in [3.63, 3.8) is 0 Å². The number of halogens is 1. The van der Waals surface area contributed by atoms with Crippen molar-refractivity contribution in [2.24, 2.45) is 5.84 Å². The molecule has 1 aromatic carbocycles. The van der Waals surface area contributed by atoms with Gasteiger partial charge in [-0.3, -0.25) is 10.2 Å². The number of carbonyl (C=O) groups excluding carboxylic acids is 1. The molecule has 20 heavy (non-hydrogen) atoms. The van der Waals surface area contributed by atoms with Gasteiger partial charge >= 0.3 is 0 Å². The van der Waals surface area contributed by atoms with Gasteiger partial charge in [0.1, 0.15) is 6.61 Å². The highest BCUT2D eigenvalue weighted by Crippen LogP contribution is 2.18. The maximum Gasteiger partial charge on any atom is 0.287 e. The van der Waals surface area contributed by atoms with E-state index in [2.05, 4.69) is 10.3 Å². The second kappa shape index (κ2) is 6.11. The molecule has 0 aliphatic carbocycles. The molecule has 0 radical (unpaired) electrons. The summed E-state index contributed by atoms with van der Waals surface area (Å²) in [6.45, 7) is 2.38. The minimum atomic E-state index is -0.526. The van der Waals surface area contributed by atoms with Crippen LogP contribution in [0.3, 0.4) is 0 Å². The molecule has 0 bridgehead atoms. The third kappa shape index (κ3) is 3.29. The predicted octanol–water partition coefficient (Wildman–Crippen LogP) is 0.408. The van der Waals surface area contributed by atoms with Gasteiger partial charge in [0.15, 0.2) is 17.3 Å². The molecule has 106 valence electrons. The zero-order valence-electron chi connectivity index (χ0n) is 10.8. The smallest absolute Gasteiger partial charge is 0.287 e. The fourth-order valence-corrected chi connectivity index (χ4v) is 1.56. The Kier molecular flexibility index (Phi) is 4.26. The zero-order valence-corrected chi connectivity index (χ0v) is 10.8. The van der Waals surface area contributed by atoms with E-state index in [0.29, 0.717) is 6.54 Å². The van der Waals surface area contributed by atoms with Crippen LogP contribution >= 0.6 is 0 Å². The van der Waals surface area contributed by atoms with E-state index in [4.69, 9.17) is 10.6 Å². The summed E-state index contributed by atoms with van der Waals surface area (Å²) in [5, 5.41) is 7.37. The lowest BCUT2D eigenvalue weighted by atomic mass is 10.2. The van der Waals surface area contributed by atoms with Gasteiger partial charge < -0.3 is 4.74 Å². The molecule has 2 rings (SSSR count). The molecule has 0 saturated carbocycles. The molecule has 0 atom stereocenters. The summed E-state index contributed by atoms with van der Waals surface area (Å²) in [6, 6.07) is 4.63. The molecular weight excluding hydrogens is 265 g/mol. The molecule has 0 aliphatic heterocycles. The lowest BCUT2D eigenvalue weighted by Crippen LogP contribution is -2.30. The second-order valence-corrected chi connectivity index (χ2v) is 4.12. The number of nitrogens with one attached hydrogen (secondary N) is 1. The van der Waals surface area contributed by atoms with Gasteiger partial charge in [0.25, 0.3) is 5.91 Å². The Morgan fingerprint density at radius 1 is 1.55 bits per heavy atom. The molecule has 0 fully saturated rings. The number of amides is 1. The highest BCUT2D eigenvalue weighted by atomic mass is 19.1. The Hall–Kier alpha value is -2.48. The zero-order chi connectivity index (χ0) is 14.5. The molecule has 8 heteroatoms. The van der Waals surface area contributed by atoms with Crippen molar-refractivity contribution in [3.05, 3.63) is 41.5 Å². The molecule has 0 unspecified atom stereocenters. The van der Waals surface area contributed by atoms with Crippen LogP contribution < -0.4 is 16.0 Å². The number of nitrogens with two attached hydrogens (primary N) is 1. The molecule has 1 aromatic heterocycles. The van der Waals surface area contributed by atoms with Gasteiger partial charge in [0.2, 0.25) is 0 Å². The van der Waals surface area contributed by atoms with Gasteiger partial charge in [0, 0.05) is 0 Å². The van der Waals surface area contributed by atoms with Gasteiger partial charge in [-0.1, -0.05) is 11.3 Å². The van der Waals surface area contributed by atoms with Crippen molar-refractivity contribution < 1.29 is 13.9 Å². The minimum absolute atomic E-state index is 0.106. The number of carbonyl (C=O) groups is 1. The molecule has 0 aliphatic rings. The lowest BCUT2D eigenvalue weighted by Gasteiger charge is -2.07. The summed E-state index contributed by atoms with van der Waals surface area (Å²) in [5.74, 6) is 4.22. The van der Waals surface area contributed by atoms with Crippen LogP contribution in [0.4, 0.5) is 4.39 Å². The number of hydrogen-bond donors (Lipinski definition) is 2. The van der Waals surface area contributed by atoms with E-state index in [-0.39, 0.29) is 18.1 Å². The van der Waals surface area contributed by atoms with Crippen LogP contribution in [0.5, 0.6) is 5.75 Å². The first kappa shape index (κ1) is 13.9. The molecule has 2 aromatic rings. The van der Waals surface area contributed by atoms with E-state index in [9.17, 15) is 9.18 Å². The van der Waals surface area contributed by atoms with Gasteiger partial charge in [-0.2, -0.15) is 0 Å². The van der Waals surface area contributed by atoms with Crippen LogP contribution in [0.1, 0.15) is 16.1 Å². The number of aryl methyl sites for hydroxylation is 1. The van der Waals surface area contributed by atoms with E-state index in [0.717, 1.165) is 5.56 Å². The largest absolute Gasteiger partial charge is 0.489 e. The van der Waals surface area contributed by atoms with Gasteiger partial charge in [-0.25, -0.2) is 14.9 Å². The topological polar surface area (TPSA) is 95.1 Å². The number of nitrogen functional groups attached to an aromatic ring is 1. The number of nitrogens with zero attached hydrogens (tertiary/aromatic N) is 3. The summed E-state index contributed by atoms with van der Waals surface area (Å²) < 4.78 is 20.2. The summed E-state index contributed by atoms with van der Waals surface area (Å²) >= 11 is 0. The lowest BCUT2D eigenvalue weighted by molar-refractivity contribution is 0.0948. The number of hydrogen-bond acceptors (Lipinski definition) is 5. The van der Waals surface area contributed by atoms with E-state index in [1.807, 2.05) is 12.3 Å². The number of benzene rings is 1. The Bertz CT molecular complexity index is 614. The normalized spacial score (nSPS) is 10.3. The second-order valence-electron chi connectivity index (χ2n) is 4.12. The third-order valence-electron chi connectivity index (χ3n) is 2.57. The number of aromatic nitrogens is 3. The van der Waals surface area contributed by atoms with E-state index in [1.165, 1.54) is 16.9 Å². The number of ether oxygens (including phenoxy) is 1. The predicted molar refractivity (Wildman–Crippen MR) is 68.3 cm³/mol. The number of hydrazine groups is 1. The summed E-state index contributed by atoms with van der Waals surface area (Å²) in [5.41, 5.74) is 2.97. The minimum Gasteiger partial charge on any atom is -0.489 e. The maximum atomic E-state index is 13.4. The highest BCUT2D eigenvalue weighted by molar-refractivity contribution is 5.91. The first-order chi connectivity index (χ1) is 9.60. The van der Waals surface area contributed by atoms with Crippen LogP contribution in [0.15, 0.2) is 24.4 Å². The summed E-state index contributed by atoms with van der Waals surface area (Å²) in [6.07, 6.45) is 1.43. The Balaban J connectivity index is 1.91. The van der Waals surface area contributed by atoms with Gasteiger partial charge in [-0.05, 0) is 24.6 Å². The number of rotatable bonds is 5. The Labute approximate surface area is 114 Å². The summed E-state index contributed by atoms with van der Waals surface area (Å²) in [4.78, 5) is 11.2. The molecular formula is C12H14FN5O2. The van der Waals surface area contributed by atoms with E-state index < -0.39 is 11.7 Å². The molecule has 0 saturated heterocycles. The van der Waals surface area contributed by atoms with Crippen LogP contribution in [0.25, 0.3) is 0 Å². The molecule has 3 N–H and O–H groups in total. The van der Waals surface area contributed by atoms with Crippen molar-refractivity contribution in [1.29, 1.82) is 0 Å². The van der Waals surface area contributed by atoms with Crippen LogP contribution in [-0.4, -0.2) is 27.5 Å². The maximum absolute atomic E-state index is 13.4. The summed E-state index contributed by atoms with van der Waals surface area (Å²) in [7, 11) is 0. The molecule has 0 spiro atoms. The Morgan fingerprint density at radius 3 is 3.10 bits per heavy atom. The molecule has 1 amide bonds. The Morgan fingerprint density at radius 2 is 2.35 bits per heavy atom. The highest BCUT2D eigenvalue weighted by Gasteiger charge is 2.09. The fraction of sp³-hybridized carbons (Fsp3) is 0.250. The van der Waals surface area contributed by atoms with E-state index >= 15 is 0 Å². The molecule has 7 nitrogen and oxygen atoms in total. The van der Waals surface area contributed by atoms with Crippen molar-refractivity contribution in [1.82, 2.24) is 20.4 Å². The quantitative estimate of drug-likeness (QED) is 0.469. The molecule has 1 heterocycles. The average Bonchev–Trinajstić information content (AvgIpc) is 2.90. The fourth-order valence-electron chi connectivity index (χ4n) is 1.56. The SMILES string of the molecule is Cc1ccc(F)c(OCCn2cc(C(=O)NN)nn2)c1. The first-order valence-corrected chi connectivity index (χ1v) is 5.90. The standard InChI is InChI=1S/C12H14FN5O2/c1-8-2-3-9(13)11(6-8)20-5-4-18-7-10(16-17-18)12(19)15-14/h2-3,6-7H,4-5,14H2,1H3,(H,15,19). The van der Waals surface area contributed by atoms with Crippen molar-refractivity contribution in [2.45, 2.75) is 13.5 Å². The van der Waals surface area contributed by atoms with Gasteiger partial charge in [-0.15, -0.1) is 5.10 Å². The van der Waals surface area contributed by atoms with Crippen molar-refractivity contribution in [2.75, 3.05) is 6.61 Å². The van der Waals surface area contributed by atoms with Crippen LogP contribution in [0.2, 0.25) is 0 Å². The van der Waals surface area contributed by atoms with Crippen molar-refractivity contribution >= 4 is 5.91 Å². The monoisotopic (exact) mass is 279 g/mol. The van der Waals surface area contributed by atoms with Crippen molar-refractivity contribution in [3.8, 4) is 5.75 Å². The third-order valence-corrected chi connectivity index (χ3v) is 2.57. The van der Waals surface area contributed by atoms with Crippen LogP contribution in [0, 0.1) is 12.7 Å². The average molecular weight is 279 g/mol. The van der Waals surface area contributed by atoms with E-state index in [1.54, 1.807) is 12.1 Å². The first-order valence-electron chi connectivity index (χ1n) is 5.90. The van der Waals surface area contributed by atoms with Crippen LogP contribution in [-0.2, 0) is 6.54 Å².